The molecule has 0 aliphatic heterocycles. The van der Waals surface area contributed by atoms with Crippen molar-refractivity contribution in [3.05, 3.63) is 0 Å². The summed E-state index contributed by atoms with van der Waals surface area (Å²) in [5, 5.41) is 11.8. The molecule has 0 aliphatic carbocycles. The minimum atomic E-state index is -1.12. The lowest BCUT2D eigenvalue weighted by atomic mass is 10.0. The van der Waals surface area contributed by atoms with E-state index in [1.54, 1.807) is 0 Å². The fraction of sp³-hybridized carbons (Fsp3) is 0.917. The number of carboxylic acid groups (broad SMARTS) is 1. The number of carboxylic acids is 1. The molecule has 0 saturated heterocycles. The van der Waals surface area contributed by atoms with Gasteiger partial charge in [0.05, 0.1) is 13.0 Å². The van der Waals surface area contributed by atoms with Crippen molar-refractivity contribution in [2.75, 3.05) is 6.61 Å². The standard InChI is InChI=1S/C36H69NO5/c1-4-5-6-7-8-9-10-11-12-13-14-15-16-17-20-23-26-29-34(38)37-33(31-35(39)40)36(41)42-30-27-24-21-18-19-22-25-28-32(2)3/h32-33H,4-31H2,1-3H3,(H,37,38)(H,39,40)/t33-/m0/s1. The molecule has 0 rings (SSSR count). The number of carbonyl (C=O) groups is 3. The number of esters is 1. The van der Waals surface area contributed by atoms with Crippen LogP contribution in [0.4, 0.5) is 0 Å². The first-order valence-electron chi connectivity index (χ1n) is 18.0. The molecule has 0 aromatic heterocycles. The third kappa shape index (κ3) is 29.9. The summed E-state index contributed by atoms with van der Waals surface area (Å²) in [4.78, 5) is 36.0. The number of nitrogens with one attached hydrogen (secondary N) is 1. The number of amides is 1. The Hall–Kier alpha value is -1.59. The Morgan fingerprint density at radius 1 is 0.595 bits per heavy atom. The van der Waals surface area contributed by atoms with Crippen molar-refractivity contribution in [3.8, 4) is 0 Å². The van der Waals surface area contributed by atoms with Crippen LogP contribution in [0.2, 0.25) is 0 Å². The van der Waals surface area contributed by atoms with Crippen LogP contribution in [-0.4, -0.2) is 35.6 Å². The largest absolute Gasteiger partial charge is 0.481 e. The molecular formula is C36H69NO5. The maximum absolute atomic E-state index is 12.4. The Labute approximate surface area is 259 Å². The van der Waals surface area contributed by atoms with Crippen LogP contribution in [0.5, 0.6) is 0 Å². The summed E-state index contributed by atoms with van der Waals surface area (Å²) < 4.78 is 5.30. The van der Waals surface area contributed by atoms with Gasteiger partial charge in [-0.2, -0.15) is 0 Å². The van der Waals surface area contributed by atoms with Gasteiger partial charge < -0.3 is 15.2 Å². The Bertz CT molecular complexity index is 636. The van der Waals surface area contributed by atoms with Crippen LogP contribution in [0.1, 0.15) is 194 Å². The lowest BCUT2D eigenvalue weighted by molar-refractivity contribution is -0.151. The summed E-state index contributed by atoms with van der Waals surface area (Å²) >= 11 is 0. The molecule has 0 bridgehead atoms. The Kier molecular flexibility index (Phi) is 29.7. The third-order valence-corrected chi connectivity index (χ3v) is 8.18. The lowest BCUT2D eigenvalue weighted by Crippen LogP contribution is -2.43. The van der Waals surface area contributed by atoms with Crippen molar-refractivity contribution in [1.82, 2.24) is 5.32 Å². The van der Waals surface area contributed by atoms with E-state index in [0.717, 1.165) is 44.4 Å². The molecule has 248 valence electrons. The zero-order chi connectivity index (χ0) is 31.1. The number of ether oxygens (including phenoxy) is 1. The Morgan fingerprint density at radius 2 is 1.00 bits per heavy atom. The molecule has 0 aliphatic rings. The van der Waals surface area contributed by atoms with Gasteiger partial charge in [-0.3, -0.25) is 9.59 Å². The number of hydrogen-bond acceptors (Lipinski definition) is 4. The summed E-state index contributed by atoms with van der Waals surface area (Å²) in [5.41, 5.74) is 0. The normalized spacial score (nSPS) is 12.0. The summed E-state index contributed by atoms with van der Waals surface area (Å²) in [5.74, 6) is -1.25. The van der Waals surface area contributed by atoms with E-state index in [-0.39, 0.29) is 12.5 Å². The fourth-order valence-corrected chi connectivity index (χ4v) is 5.46. The molecule has 6 heteroatoms. The molecule has 0 heterocycles. The monoisotopic (exact) mass is 596 g/mol. The van der Waals surface area contributed by atoms with Crippen LogP contribution in [0, 0.1) is 5.92 Å². The quantitative estimate of drug-likeness (QED) is 0.0596. The van der Waals surface area contributed by atoms with Crippen molar-refractivity contribution in [2.45, 2.75) is 200 Å². The lowest BCUT2D eigenvalue weighted by Gasteiger charge is -2.16. The molecule has 0 fully saturated rings. The minimum Gasteiger partial charge on any atom is -0.481 e. The maximum Gasteiger partial charge on any atom is 0.329 e. The van der Waals surface area contributed by atoms with E-state index in [1.165, 1.54) is 122 Å². The summed E-state index contributed by atoms with van der Waals surface area (Å²) in [6, 6.07) is -1.11. The topological polar surface area (TPSA) is 92.7 Å². The Morgan fingerprint density at radius 3 is 1.43 bits per heavy atom. The summed E-state index contributed by atoms with van der Waals surface area (Å²) in [6.07, 6.45) is 30.9. The highest BCUT2D eigenvalue weighted by Crippen LogP contribution is 2.15. The van der Waals surface area contributed by atoms with Crippen molar-refractivity contribution in [1.29, 1.82) is 0 Å². The van der Waals surface area contributed by atoms with Crippen LogP contribution in [0.3, 0.4) is 0 Å². The molecule has 42 heavy (non-hydrogen) atoms. The Balaban J connectivity index is 3.74. The van der Waals surface area contributed by atoms with E-state index in [0.29, 0.717) is 6.42 Å². The molecule has 0 saturated carbocycles. The first kappa shape index (κ1) is 40.4. The van der Waals surface area contributed by atoms with Gasteiger partial charge in [0, 0.05) is 6.42 Å². The van der Waals surface area contributed by atoms with Gasteiger partial charge in [-0.05, 0) is 18.8 Å². The van der Waals surface area contributed by atoms with Gasteiger partial charge in [0.25, 0.3) is 0 Å². The zero-order valence-corrected chi connectivity index (χ0v) is 28.0. The predicted molar refractivity (Wildman–Crippen MR) is 176 cm³/mol. The number of aliphatic carboxylic acids is 1. The number of rotatable bonds is 32. The molecule has 1 atom stereocenters. The summed E-state index contributed by atoms with van der Waals surface area (Å²) in [6.45, 7) is 7.06. The van der Waals surface area contributed by atoms with Crippen molar-refractivity contribution in [3.63, 3.8) is 0 Å². The van der Waals surface area contributed by atoms with E-state index in [1.807, 2.05) is 0 Å². The minimum absolute atomic E-state index is 0.267. The smallest absolute Gasteiger partial charge is 0.329 e. The summed E-state index contributed by atoms with van der Waals surface area (Å²) in [7, 11) is 0. The molecule has 0 radical (unpaired) electrons. The highest BCUT2D eigenvalue weighted by Gasteiger charge is 2.25. The molecule has 2 N–H and O–H groups in total. The van der Waals surface area contributed by atoms with Crippen LogP contribution < -0.4 is 5.32 Å². The molecule has 6 nitrogen and oxygen atoms in total. The van der Waals surface area contributed by atoms with Crippen molar-refractivity contribution < 1.29 is 24.2 Å². The van der Waals surface area contributed by atoms with Gasteiger partial charge in [0.2, 0.25) is 5.91 Å². The number of unbranched alkanes of at least 4 members (excludes halogenated alkanes) is 22. The maximum atomic E-state index is 12.4. The molecule has 1 amide bonds. The first-order chi connectivity index (χ1) is 20.4. The van der Waals surface area contributed by atoms with Gasteiger partial charge in [-0.25, -0.2) is 4.79 Å². The van der Waals surface area contributed by atoms with Crippen molar-refractivity contribution in [2.24, 2.45) is 5.92 Å². The van der Waals surface area contributed by atoms with Crippen LogP contribution in [0.15, 0.2) is 0 Å². The highest BCUT2D eigenvalue weighted by atomic mass is 16.5. The van der Waals surface area contributed by atoms with E-state index < -0.39 is 24.4 Å². The highest BCUT2D eigenvalue weighted by molar-refractivity contribution is 5.87. The fourth-order valence-electron chi connectivity index (χ4n) is 5.46. The second-order valence-corrected chi connectivity index (χ2v) is 12.9. The molecule has 0 unspecified atom stereocenters. The van der Waals surface area contributed by atoms with Gasteiger partial charge >= 0.3 is 11.9 Å². The molecule has 0 spiro atoms. The van der Waals surface area contributed by atoms with E-state index in [2.05, 4.69) is 26.1 Å². The van der Waals surface area contributed by atoms with Gasteiger partial charge in [-0.1, -0.05) is 168 Å². The van der Waals surface area contributed by atoms with Gasteiger partial charge in [0.1, 0.15) is 6.04 Å². The average Bonchev–Trinajstić information content (AvgIpc) is 2.94. The molecule has 0 aromatic rings. The number of hydrogen-bond donors (Lipinski definition) is 2. The third-order valence-electron chi connectivity index (χ3n) is 8.18. The van der Waals surface area contributed by atoms with E-state index >= 15 is 0 Å². The second-order valence-electron chi connectivity index (χ2n) is 12.9. The van der Waals surface area contributed by atoms with E-state index in [9.17, 15) is 19.5 Å². The van der Waals surface area contributed by atoms with Gasteiger partial charge in [0.15, 0.2) is 0 Å². The SMILES string of the molecule is CCCCCCCCCCCCCCCCCCCC(=O)N[C@@H](CC(=O)O)C(=O)OCCCCCCCCCC(C)C. The zero-order valence-electron chi connectivity index (χ0n) is 28.0. The average molecular weight is 596 g/mol. The van der Waals surface area contributed by atoms with Crippen LogP contribution in [-0.2, 0) is 19.1 Å². The van der Waals surface area contributed by atoms with Gasteiger partial charge in [-0.15, -0.1) is 0 Å². The van der Waals surface area contributed by atoms with Crippen LogP contribution >= 0.6 is 0 Å². The molecular weight excluding hydrogens is 526 g/mol. The first-order valence-corrected chi connectivity index (χ1v) is 18.0. The molecule has 0 aromatic carbocycles. The predicted octanol–water partition coefficient (Wildman–Crippen LogP) is 10.3. The number of carbonyl (C=O) groups excluding carboxylic acids is 2. The van der Waals surface area contributed by atoms with Crippen LogP contribution in [0.25, 0.3) is 0 Å². The van der Waals surface area contributed by atoms with E-state index in [4.69, 9.17) is 4.74 Å². The van der Waals surface area contributed by atoms with Crippen molar-refractivity contribution >= 4 is 17.8 Å². The second kappa shape index (κ2) is 30.9.